The lowest BCUT2D eigenvalue weighted by Gasteiger charge is -2.17. The Balaban J connectivity index is 0.00000506. The van der Waals surface area contributed by atoms with Gasteiger partial charge >= 0.3 is 12.1 Å². The van der Waals surface area contributed by atoms with Crippen molar-refractivity contribution in [1.82, 2.24) is 34.5 Å². The molecule has 1 unspecified atom stereocenters. The van der Waals surface area contributed by atoms with Crippen LogP contribution >= 0.6 is 47.2 Å². The number of alkyl halides is 3. The zero-order valence-corrected chi connectivity index (χ0v) is 25.1. The second-order valence-electron chi connectivity index (χ2n) is 8.59. The Hall–Kier alpha value is -3.28. The quantitative estimate of drug-likeness (QED) is 0.233. The van der Waals surface area contributed by atoms with Crippen LogP contribution in [0.5, 0.6) is 0 Å². The standard InChI is InChI=1S/C23H17Cl3F3N7O5S.ClH/c24-14-3-1-4-15(25)13(14)8-19-31-34-36(32-19)11-18(37)17(9-21(38)39)33-42(40,41)20-5-2-6-35(20)22-16(26)7-12(10-30-22)23(27,28)29;/h1-7,10,17,33H,8-9,11H2,(H,38,39);1H. The Morgan fingerprint density at radius 1 is 1.07 bits per heavy atom. The zero-order chi connectivity index (χ0) is 30.8. The number of sulfonamides is 1. The molecule has 3 aromatic heterocycles. The summed E-state index contributed by atoms with van der Waals surface area (Å²) in [6.07, 6.45) is -3.99. The van der Waals surface area contributed by atoms with E-state index in [-0.39, 0.29) is 30.5 Å². The van der Waals surface area contributed by atoms with Crippen molar-refractivity contribution in [2.75, 3.05) is 0 Å². The topological polar surface area (TPSA) is 162 Å². The molecule has 0 amide bonds. The van der Waals surface area contributed by atoms with E-state index >= 15 is 0 Å². The first-order chi connectivity index (χ1) is 19.7. The van der Waals surface area contributed by atoms with Gasteiger partial charge < -0.3 is 5.11 Å². The third-order valence-corrected chi connectivity index (χ3v) is 8.08. The number of carboxylic acids is 1. The van der Waals surface area contributed by atoms with Crippen LogP contribution in [0.4, 0.5) is 13.2 Å². The van der Waals surface area contributed by atoms with Crippen molar-refractivity contribution in [1.29, 1.82) is 0 Å². The summed E-state index contributed by atoms with van der Waals surface area (Å²) in [6, 6.07) is 5.94. The second-order valence-corrected chi connectivity index (χ2v) is 11.5. The van der Waals surface area contributed by atoms with Gasteiger partial charge in [-0.1, -0.05) is 40.9 Å². The van der Waals surface area contributed by atoms with Crippen LogP contribution in [0.1, 0.15) is 23.4 Å². The molecule has 0 saturated heterocycles. The zero-order valence-electron chi connectivity index (χ0n) is 21.2. The van der Waals surface area contributed by atoms with Crippen molar-refractivity contribution in [2.45, 2.75) is 36.6 Å². The molecule has 3 heterocycles. The monoisotopic (exact) mass is 701 g/mol. The predicted octanol–water partition coefficient (Wildman–Crippen LogP) is 4.24. The molecule has 2 N–H and O–H groups in total. The van der Waals surface area contributed by atoms with E-state index in [1.165, 1.54) is 6.07 Å². The Kier molecular flexibility index (Phi) is 10.8. The van der Waals surface area contributed by atoms with Crippen molar-refractivity contribution >= 4 is 69.0 Å². The van der Waals surface area contributed by atoms with Gasteiger partial charge in [0.25, 0.3) is 10.0 Å². The molecule has 43 heavy (non-hydrogen) atoms. The van der Waals surface area contributed by atoms with Gasteiger partial charge in [-0.3, -0.25) is 14.2 Å². The van der Waals surface area contributed by atoms with Crippen LogP contribution in [-0.4, -0.2) is 61.1 Å². The highest BCUT2D eigenvalue weighted by atomic mass is 35.5. The van der Waals surface area contributed by atoms with E-state index in [0.717, 1.165) is 21.6 Å². The number of halogens is 7. The molecule has 4 aromatic rings. The lowest BCUT2D eigenvalue weighted by Crippen LogP contribution is -2.44. The predicted molar refractivity (Wildman–Crippen MR) is 149 cm³/mol. The van der Waals surface area contributed by atoms with E-state index in [2.05, 4.69) is 20.4 Å². The number of nitrogens with zero attached hydrogens (tertiary/aromatic N) is 6. The summed E-state index contributed by atoms with van der Waals surface area (Å²) >= 11 is 18.3. The third kappa shape index (κ3) is 8.21. The summed E-state index contributed by atoms with van der Waals surface area (Å²) in [7, 11) is -4.67. The van der Waals surface area contributed by atoms with Gasteiger partial charge in [-0.25, -0.2) is 13.4 Å². The molecule has 0 aliphatic heterocycles. The first kappa shape index (κ1) is 34.2. The SMILES string of the molecule is Cl.O=C(O)CC(NS(=O)(=O)c1cccn1-c1ncc(C(F)(F)F)cc1Cl)C(=O)Cn1nnc(Cc2c(Cl)cccc2Cl)n1. The van der Waals surface area contributed by atoms with Crippen molar-refractivity contribution in [2.24, 2.45) is 0 Å². The highest BCUT2D eigenvalue weighted by Crippen LogP contribution is 2.32. The fourth-order valence-corrected chi connectivity index (χ4v) is 5.85. The fraction of sp³-hybridized carbons (Fsp3) is 0.217. The molecular formula is C23H18Cl4F3N7O5S. The fourth-order valence-electron chi connectivity index (χ4n) is 3.69. The number of Topliss-reactive ketones (excluding diaryl/α,β-unsaturated/α-hetero) is 1. The number of ketones is 1. The van der Waals surface area contributed by atoms with Crippen LogP contribution in [0, 0.1) is 0 Å². The van der Waals surface area contributed by atoms with Crippen LogP contribution in [0.2, 0.25) is 15.1 Å². The van der Waals surface area contributed by atoms with Crippen LogP contribution in [0.3, 0.4) is 0 Å². The summed E-state index contributed by atoms with van der Waals surface area (Å²) in [5, 5.41) is 20.6. The Labute approximate surface area is 262 Å². The van der Waals surface area contributed by atoms with Gasteiger partial charge in [0.05, 0.1) is 23.0 Å². The summed E-state index contributed by atoms with van der Waals surface area (Å²) in [6.45, 7) is -0.656. The largest absolute Gasteiger partial charge is 0.481 e. The van der Waals surface area contributed by atoms with Gasteiger partial charge in [-0.15, -0.1) is 22.6 Å². The van der Waals surface area contributed by atoms with Crippen molar-refractivity contribution < 1.29 is 36.3 Å². The summed E-state index contributed by atoms with van der Waals surface area (Å²) < 4.78 is 68.4. The molecule has 12 nitrogen and oxygen atoms in total. The molecule has 0 fully saturated rings. The van der Waals surface area contributed by atoms with Gasteiger partial charge in [-0.05, 0) is 41.1 Å². The summed E-state index contributed by atoms with van der Waals surface area (Å²) in [5.74, 6) is -2.65. The van der Waals surface area contributed by atoms with E-state index in [1.807, 2.05) is 4.72 Å². The normalized spacial score (nSPS) is 12.5. The maximum absolute atomic E-state index is 13.2. The number of carbonyl (C=O) groups excluding carboxylic acids is 1. The smallest absolute Gasteiger partial charge is 0.417 e. The van der Waals surface area contributed by atoms with Gasteiger partial charge in [0.1, 0.15) is 6.54 Å². The number of nitrogens with one attached hydrogen (secondary N) is 1. The molecule has 20 heteroatoms. The number of aliphatic carboxylic acids is 1. The summed E-state index contributed by atoms with van der Waals surface area (Å²) in [5.41, 5.74) is -0.647. The minimum absolute atomic E-state index is 0. The molecule has 4 rings (SSSR count). The third-order valence-electron chi connectivity index (χ3n) is 5.62. The van der Waals surface area contributed by atoms with E-state index in [0.29, 0.717) is 27.9 Å². The average Bonchev–Trinajstić information content (AvgIpc) is 3.55. The Morgan fingerprint density at radius 3 is 2.35 bits per heavy atom. The van der Waals surface area contributed by atoms with E-state index in [1.54, 1.807) is 18.2 Å². The number of pyridine rings is 1. The second kappa shape index (κ2) is 13.6. The number of tetrazole rings is 1. The molecule has 0 aliphatic rings. The first-order valence-corrected chi connectivity index (χ1v) is 14.1. The molecular weight excluding hydrogens is 685 g/mol. The number of hydrogen-bond acceptors (Lipinski definition) is 8. The number of aromatic nitrogens is 6. The van der Waals surface area contributed by atoms with Crippen molar-refractivity contribution in [3.05, 3.63) is 80.8 Å². The van der Waals surface area contributed by atoms with Gasteiger partial charge in [0.15, 0.2) is 22.5 Å². The minimum Gasteiger partial charge on any atom is -0.481 e. The molecule has 0 aliphatic carbocycles. The number of carboxylic acid groups (broad SMARTS) is 1. The van der Waals surface area contributed by atoms with Crippen LogP contribution in [0.15, 0.2) is 53.8 Å². The van der Waals surface area contributed by atoms with Crippen LogP contribution in [0.25, 0.3) is 5.82 Å². The maximum Gasteiger partial charge on any atom is 0.417 e. The first-order valence-electron chi connectivity index (χ1n) is 11.5. The highest BCUT2D eigenvalue weighted by molar-refractivity contribution is 7.89. The molecule has 0 spiro atoms. The number of rotatable bonds is 11. The molecule has 1 atom stereocenters. The summed E-state index contributed by atoms with van der Waals surface area (Å²) in [4.78, 5) is 29.0. The number of benzene rings is 1. The van der Waals surface area contributed by atoms with Gasteiger partial charge in [0.2, 0.25) is 0 Å². The van der Waals surface area contributed by atoms with Gasteiger partial charge in [0, 0.05) is 28.9 Å². The minimum atomic E-state index is -4.74. The lowest BCUT2D eigenvalue weighted by atomic mass is 10.1. The molecule has 230 valence electrons. The Bertz CT molecular complexity index is 1750. The van der Waals surface area contributed by atoms with Crippen LogP contribution < -0.4 is 4.72 Å². The van der Waals surface area contributed by atoms with Gasteiger partial charge in [-0.2, -0.15) is 22.7 Å². The van der Waals surface area contributed by atoms with E-state index < -0.39 is 62.6 Å². The molecule has 0 bridgehead atoms. The molecule has 0 radical (unpaired) electrons. The van der Waals surface area contributed by atoms with E-state index in [4.69, 9.17) is 34.8 Å². The Morgan fingerprint density at radius 2 is 1.74 bits per heavy atom. The number of hydrogen-bond donors (Lipinski definition) is 2. The highest BCUT2D eigenvalue weighted by Gasteiger charge is 2.33. The van der Waals surface area contributed by atoms with Crippen molar-refractivity contribution in [3.63, 3.8) is 0 Å². The van der Waals surface area contributed by atoms with Crippen molar-refractivity contribution in [3.8, 4) is 5.82 Å². The average molecular weight is 703 g/mol. The van der Waals surface area contributed by atoms with E-state index in [9.17, 15) is 36.3 Å². The lowest BCUT2D eigenvalue weighted by molar-refractivity contribution is -0.139. The molecule has 0 saturated carbocycles. The maximum atomic E-state index is 13.2. The van der Waals surface area contributed by atoms with Crippen LogP contribution in [-0.2, 0) is 38.8 Å². The number of carbonyl (C=O) groups is 2. The molecule has 1 aromatic carbocycles.